The van der Waals surface area contributed by atoms with Crippen LogP contribution in [0.2, 0.25) is 0 Å². The molecule has 0 radical (unpaired) electrons. The number of hydrogen-bond donors (Lipinski definition) is 1. The molecular formula is C25H31NO4. The highest BCUT2D eigenvalue weighted by molar-refractivity contribution is 6.05. The first-order chi connectivity index (χ1) is 14.4. The fraction of sp³-hybridized carbons (Fsp3) is 0.440. The van der Waals surface area contributed by atoms with Crippen molar-refractivity contribution < 1.29 is 19.4 Å². The van der Waals surface area contributed by atoms with Gasteiger partial charge >= 0.3 is 0 Å². The number of β-amino-alcohol motifs (C(OH)–C–C–N with tert-alkyl or cyclic N) is 1. The van der Waals surface area contributed by atoms with Gasteiger partial charge in [0.25, 0.3) is 0 Å². The number of aryl methyl sites for hydroxylation is 1. The standard InChI is InChI=1S/C25H31NO4/c1-4-25(5-2)15-22(28)26(24(25)29)16-20(27)17-30-23(19-12-7-6-8-13-19)21-14-10-9-11-18(21)3/h6-14,20,23,27H,4-5,15-17H2,1-3H3/t20-,23-/m0/s1. The van der Waals surface area contributed by atoms with Crippen molar-refractivity contribution in [1.29, 1.82) is 0 Å². The van der Waals surface area contributed by atoms with Crippen LogP contribution in [0.15, 0.2) is 54.6 Å². The zero-order chi connectivity index (χ0) is 21.7. The third-order valence-corrected chi connectivity index (χ3v) is 6.26. The van der Waals surface area contributed by atoms with Crippen molar-refractivity contribution in [2.24, 2.45) is 5.41 Å². The second kappa shape index (κ2) is 9.54. The van der Waals surface area contributed by atoms with E-state index in [0.29, 0.717) is 12.8 Å². The topological polar surface area (TPSA) is 66.8 Å². The van der Waals surface area contributed by atoms with Gasteiger partial charge in [0, 0.05) is 6.42 Å². The Balaban J connectivity index is 1.71. The molecule has 1 heterocycles. The van der Waals surface area contributed by atoms with E-state index in [2.05, 4.69) is 0 Å². The summed E-state index contributed by atoms with van der Waals surface area (Å²) in [6.45, 7) is 5.89. The average molecular weight is 410 g/mol. The second-order valence-electron chi connectivity index (χ2n) is 8.11. The SMILES string of the molecule is CCC1(CC)CC(=O)N(C[C@H](O)CO[C@@H](c2ccccc2)c2ccccc2C)C1=O. The zero-order valence-electron chi connectivity index (χ0n) is 18.0. The van der Waals surface area contributed by atoms with Crippen LogP contribution in [0.5, 0.6) is 0 Å². The van der Waals surface area contributed by atoms with Crippen LogP contribution >= 0.6 is 0 Å². The van der Waals surface area contributed by atoms with E-state index in [4.69, 9.17) is 4.74 Å². The molecule has 5 nitrogen and oxygen atoms in total. The molecule has 0 unspecified atom stereocenters. The van der Waals surface area contributed by atoms with E-state index in [0.717, 1.165) is 16.7 Å². The molecule has 1 fully saturated rings. The summed E-state index contributed by atoms with van der Waals surface area (Å²) in [5.74, 6) is -0.378. The van der Waals surface area contributed by atoms with E-state index in [1.54, 1.807) is 0 Å². The number of likely N-dealkylation sites (tertiary alicyclic amines) is 1. The van der Waals surface area contributed by atoms with Gasteiger partial charge in [0.05, 0.1) is 24.7 Å². The van der Waals surface area contributed by atoms with Crippen molar-refractivity contribution in [1.82, 2.24) is 4.90 Å². The van der Waals surface area contributed by atoms with E-state index >= 15 is 0 Å². The summed E-state index contributed by atoms with van der Waals surface area (Å²) >= 11 is 0. The van der Waals surface area contributed by atoms with Crippen molar-refractivity contribution >= 4 is 11.8 Å². The van der Waals surface area contributed by atoms with Crippen LogP contribution < -0.4 is 0 Å². The van der Waals surface area contributed by atoms with Gasteiger partial charge in [-0.15, -0.1) is 0 Å². The average Bonchev–Trinajstić information content (AvgIpc) is 3.00. The molecule has 2 aromatic carbocycles. The minimum Gasteiger partial charge on any atom is -0.389 e. The number of carbonyl (C=O) groups excluding carboxylic acids is 2. The molecule has 30 heavy (non-hydrogen) atoms. The smallest absolute Gasteiger partial charge is 0.235 e. The first kappa shape index (κ1) is 22.2. The summed E-state index contributed by atoms with van der Waals surface area (Å²) in [4.78, 5) is 26.5. The number of nitrogens with zero attached hydrogens (tertiary/aromatic N) is 1. The number of carbonyl (C=O) groups is 2. The summed E-state index contributed by atoms with van der Waals surface area (Å²) in [5, 5.41) is 10.6. The van der Waals surface area contributed by atoms with Crippen LogP contribution in [0, 0.1) is 12.3 Å². The van der Waals surface area contributed by atoms with E-state index in [9.17, 15) is 14.7 Å². The summed E-state index contributed by atoms with van der Waals surface area (Å²) in [6.07, 6.45) is 0.193. The molecule has 0 bridgehead atoms. The van der Waals surface area contributed by atoms with Crippen LogP contribution in [0.4, 0.5) is 0 Å². The number of imide groups is 1. The maximum Gasteiger partial charge on any atom is 0.235 e. The Morgan fingerprint density at radius 2 is 1.67 bits per heavy atom. The molecule has 0 aliphatic carbocycles. The van der Waals surface area contributed by atoms with Gasteiger partial charge in [-0.1, -0.05) is 68.4 Å². The Morgan fingerprint density at radius 1 is 1.03 bits per heavy atom. The molecular weight excluding hydrogens is 378 g/mol. The van der Waals surface area contributed by atoms with Gasteiger partial charge in [-0.25, -0.2) is 0 Å². The fourth-order valence-electron chi connectivity index (χ4n) is 4.19. The number of hydrogen-bond acceptors (Lipinski definition) is 4. The molecule has 1 aliphatic rings. The van der Waals surface area contributed by atoms with Crippen LogP contribution in [0.25, 0.3) is 0 Å². The van der Waals surface area contributed by atoms with Gasteiger partial charge in [-0.2, -0.15) is 0 Å². The largest absolute Gasteiger partial charge is 0.389 e. The van der Waals surface area contributed by atoms with Gasteiger partial charge in [0.2, 0.25) is 11.8 Å². The lowest BCUT2D eigenvalue weighted by atomic mass is 9.81. The van der Waals surface area contributed by atoms with Crippen molar-refractivity contribution in [3.8, 4) is 0 Å². The lowest BCUT2D eigenvalue weighted by Crippen LogP contribution is -2.41. The summed E-state index contributed by atoms with van der Waals surface area (Å²) in [5.41, 5.74) is 2.50. The zero-order valence-corrected chi connectivity index (χ0v) is 18.0. The lowest BCUT2D eigenvalue weighted by molar-refractivity contribution is -0.144. The predicted octanol–water partition coefficient (Wildman–Crippen LogP) is 4.03. The number of ether oxygens (including phenoxy) is 1. The van der Waals surface area contributed by atoms with Gasteiger partial charge < -0.3 is 9.84 Å². The van der Waals surface area contributed by atoms with Gasteiger partial charge in [-0.05, 0) is 36.5 Å². The Kier molecular flexibility index (Phi) is 7.06. The van der Waals surface area contributed by atoms with Gasteiger partial charge in [-0.3, -0.25) is 14.5 Å². The maximum absolute atomic E-state index is 12.8. The highest BCUT2D eigenvalue weighted by Gasteiger charge is 2.49. The lowest BCUT2D eigenvalue weighted by Gasteiger charge is -2.26. The van der Waals surface area contributed by atoms with Crippen LogP contribution in [-0.2, 0) is 14.3 Å². The van der Waals surface area contributed by atoms with E-state index in [1.165, 1.54) is 4.90 Å². The molecule has 0 spiro atoms. The molecule has 1 aliphatic heterocycles. The molecule has 1 N–H and O–H groups in total. The normalized spacial score (nSPS) is 17.9. The quantitative estimate of drug-likeness (QED) is 0.635. The molecule has 0 saturated carbocycles. The minimum atomic E-state index is -0.947. The Hall–Kier alpha value is -2.50. The van der Waals surface area contributed by atoms with Crippen LogP contribution in [0.3, 0.4) is 0 Å². The molecule has 160 valence electrons. The fourth-order valence-corrected chi connectivity index (χ4v) is 4.19. The first-order valence-electron chi connectivity index (χ1n) is 10.7. The number of aliphatic hydroxyl groups is 1. The second-order valence-corrected chi connectivity index (χ2v) is 8.11. The number of aliphatic hydroxyl groups excluding tert-OH is 1. The molecule has 2 atom stereocenters. The van der Waals surface area contributed by atoms with Crippen molar-refractivity contribution in [3.63, 3.8) is 0 Å². The summed E-state index contributed by atoms with van der Waals surface area (Å²) < 4.78 is 6.14. The third kappa shape index (κ3) is 4.47. The third-order valence-electron chi connectivity index (χ3n) is 6.26. The van der Waals surface area contributed by atoms with Crippen molar-refractivity contribution in [3.05, 3.63) is 71.3 Å². The molecule has 0 aromatic heterocycles. The maximum atomic E-state index is 12.8. The number of benzene rings is 2. The number of amides is 2. The highest BCUT2D eigenvalue weighted by Crippen LogP contribution is 2.39. The summed E-state index contributed by atoms with van der Waals surface area (Å²) in [7, 11) is 0. The molecule has 2 aromatic rings. The monoisotopic (exact) mass is 409 g/mol. The molecule has 3 rings (SSSR count). The Bertz CT molecular complexity index is 876. The van der Waals surface area contributed by atoms with E-state index in [-0.39, 0.29) is 37.5 Å². The Morgan fingerprint density at radius 3 is 2.27 bits per heavy atom. The highest BCUT2D eigenvalue weighted by atomic mass is 16.5. The van der Waals surface area contributed by atoms with Crippen molar-refractivity contribution in [2.75, 3.05) is 13.2 Å². The van der Waals surface area contributed by atoms with E-state index in [1.807, 2.05) is 75.4 Å². The molecule has 5 heteroatoms. The first-order valence-corrected chi connectivity index (χ1v) is 10.7. The molecule has 1 saturated heterocycles. The van der Waals surface area contributed by atoms with Crippen LogP contribution in [-0.4, -0.2) is 41.1 Å². The van der Waals surface area contributed by atoms with Gasteiger partial charge in [0.1, 0.15) is 6.10 Å². The van der Waals surface area contributed by atoms with Gasteiger partial charge in [0.15, 0.2) is 0 Å². The van der Waals surface area contributed by atoms with Crippen LogP contribution in [0.1, 0.15) is 55.9 Å². The Labute approximate surface area is 178 Å². The molecule has 2 amide bonds. The minimum absolute atomic E-state index is 0.0240. The predicted molar refractivity (Wildman–Crippen MR) is 116 cm³/mol. The van der Waals surface area contributed by atoms with Crippen molar-refractivity contribution in [2.45, 2.75) is 52.2 Å². The summed E-state index contributed by atoms with van der Waals surface area (Å²) in [6, 6.07) is 17.8. The van der Waals surface area contributed by atoms with E-state index < -0.39 is 11.5 Å². The number of rotatable bonds is 9.